The Kier molecular flexibility index (Phi) is 5.18. The molecule has 3 rings (SSSR count). The van der Waals surface area contributed by atoms with Crippen molar-refractivity contribution >= 4 is 29.2 Å². The molecule has 1 atom stereocenters. The van der Waals surface area contributed by atoms with E-state index in [1.165, 1.54) is 18.2 Å². The van der Waals surface area contributed by atoms with Crippen LogP contribution in [0.5, 0.6) is 11.5 Å². The molecule has 0 saturated carbocycles. The molecular formula is C18H17ClN2O5. The number of halogens is 1. The van der Waals surface area contributed by atoms with Crippen molar-refractivity contribution in [3.63, 3.8) is 0 Å². The highest BCUT2D eigenvalue weighted by atomic mass is 35.5. The summed E-state index contributed by atoms with van der Waals surface area (Å²) >= 11 is 5.79. The zero-order chi connectivity index (χ0) is 18.7. The van der Waals surface area contributed by atoms with Crippen molar-refractivity contribution in [3.8, 4) is 11.5 Å². The third kappa shape index (κ3) is 4.00. The molecule has 0 unspecified atom stereocenters. The summed E-state index contributed by atoms with van der Waals surface area (Å²) in [5, 5.41) is 3.16. The van der Waals surface area contributed by atoms with Crippen LogP contribution in [0.1, 0.15) is 28.9 Å². The van der Waals surface area contributed by atoms with Gasteiger partial charge < -0.3 is 25.3 Å². The Morgan fingerprint density at radius 1 is 1.23 bits per heavy atom. The van der Waals surface area contributed by atoms with E-state index in [0.717, 1.165) is 5.56 Å². The second-order valence-corrected chi connectivity index (χ2v) is 6.15. The molecule has 0 aliphatic carbocycles. The molecule has 0 aromatic heterocycles. The predicted molar refractivity (Wildman–Crippen MR) is 95.3 cm³/mol. The average Bonchev–Trinajstić information content (AvgIpc) is 3.07. The number of rotatable bonds is 5. The van der Waals surface area contributed by atoms with Gasteiger partial charge in [-0.1, -0.05) is 17.7 Å². The molecule has 2 aromatic carbocycles. The molecule has 0 spiro atoms. The first kappa shape index (κ1) is 17.9. The summed E-state index contributed by atoms with van der Waals surface area (Å²) in [5.41, 5.74) is 6.92. The van der Waals surface area contributed by atoms with Gasteiger partial charge in [-0.15, -0.1) is 0 Å². The number of benzene rings is 2. The number of amides is 1. The number of ether oxygens (including phenoxy) is 3. The SMILES string of the molecule is C[C@@H](NC(=O)COC(=O)c1ccc(Cl)cc1N)c1ccc2c(c1)OCO2. The second-order valence-electron chi connectivity index (χ2n) is 5.71. The van der Waals surface area contributed by atoms with Gasteiger partial charge in [-0.25, -0.2) is 4.79 Å². The maximum absolute atomic E-state index is 12.0. The van der Waals surface area contributed by atoms with Gasteiger partial charge in [0.25, 0.3) is 5.91 Å². The monoisotopic (exact) mass is 376 g/mol. The van der Waals surface area contributed by atoms with Crippen LogP contribution in [0, 0.1) is 0 Å². The molecule has 1 amide bonds. The molecular weight excluding hydrogens is 360 g/mol. The molecule has 7 nitrogen and oxygen atoms in total. The van der Waals surface area contributed by atoms with Gasteiger partial charge in [0.2, 0.25) is 6.79 Å². The minimum atomic E-state index is -0.690. The molecule has 1 aliphatic heterocycles. The van der Waals surface area contributed by atoms with Gasteiger partial charge in [0.1, 0.15) is 0 Å². The first-order valence-corrected chi connectivity index (χ1v) is 8.23. The lowest BCUT2D eigenvalue weighted by Crippen LogP contribution is -2.31. The number of hydrogen-bond donors (Lipinski definition) is 2. The normalized spacial score (nSPS) is 13.2. The predicted octanol–water partition coefficient (Wildman–Crippen LogP) is 2.69. The summed E-state index contributed by atoms with van der Waals surface area (Å²) in [4.78, 5) is 24.0. The van der Waals surface area contributed by atoms with Crippen molar-refractivity contribution < 1.29 is 23.8 Å². The van der Waals surface area contributed by atoms with Crippen LogP contribution in [0.4, 0.5) is 5.69 Å². The van der Waals surface area contributed by atoms with Crippen molar-refractivity contribution in [2.45, 2.75) is 13.0 Å². The van der Waals surface area contributed by atoms with E-state index < -0.39 is 18.5 Å². The van der Waals surface area contributed by atoms with Crippen molar-refractivity contribution in [1.29, 1.82) is 0 Å². The van der Waals surface area contributed by atoms with E-state index in [9.17, 15) is 9.59 Å². The van der Waals surface area contributed by atoms with E-state index >= 15 is 0 Å². The Labute approximate surface area is 155 Å². The van der Waals surface area contributed by atoms with Gasteiger partial charge in [-0.2, -0.15) is 0 Å². The molecule has 0 fully saturated rings. The lowest BCUT2D eigenvalue weighted by Gasteiger charge is -2.15. The smallest absolute Gasteiger partial charge is 0.340 e. The summed E-state index contributed by atoms with van der Waals surface area (Å²) in [6.45, 7) is 1.58. The van der Waals surface area contributed by atoms with Crippen molar-refractivity contribution in [2.75, 3.05) is 19.1 Å². The Bertz CT molecular complexity index is 855. The van der Waals surface area contributed by atoms with Crippen LogP contribution in [0.15, 0.2) is 36.4 Å². The third-order valence-corrected chi connectivity index (χ3v) is 4.08. The number of carbonyl (C=O) groups excluding carboxylic acids is 2. The van der Waals surface area contributed by atoms with Gasteiger partial charge in [0, 0.05) is 10.7 Å². The lowest BCUT2D eigenvalue weighted by atomic mass is 10.1. The van der Waals surface area contributed by atoms with Crippen LogP contribution < -0.4 is 20.5 Å². The zero-order valence-corrected chi connectivity index (χ0v) is 14.7. The Morgan fingerprint density at radius 2 is 2.00 bits per heavy atom. The fourth-order valence-electron chi connectivity index (χ4n) is 2.48. The third-order valence-electron chi connectivity index (χ3n) is 3.84. The van der Waals surface area contributed by atoms with Crippen molar-refractivity contribution in [2.24, 2.45) is 0 Å². The van der Waals surface area contributed by atoms with E-state index in [2.05, 4.69) is 5.32 Å². The first-order valence-electron chi connectivity index (χ1n) is 7.85. The molecule has 136 valence electrons. The number of fused-ring (bicyclic) bond motifs is 1. The summed E-state index contributed by atoms with van der Waals surface area (Å²) in [7, 11) is 0. The molecule has 0 radical (unpaired) electrons. The molecule has 0 bridgehead atoms. The summed E-state index contributed by atoms with van der Waals surface area (Å²) in [5.74, 6) is 0.177. The van der Waals surface area contributed by atoms with Gasteiger partial charge in [-0.3, -0.25) is 4.79 Å². The number of nitrogen functional groups attached to an aromatic ring is 1. The number of nitrogens with two attached hydrogens (primary N) is 1. The maximum atomic E-state index is 12.0. The number of nitrogens with one attached hydrogen (secondary N) is 1. The average molecular weight is 377 g/mol. The topological polar surface area (TPSA) is 99.9 Å². The highest BCUT2D eigenvalue weighted by Crippen LogP contribution is 2.34. The zero-order valence-electron chi connectivity index (χ0n) is 14.0. The van der Waals surface area contributed by atoms with E-state index in [4.69, 9.17) is 31.5 Å². The fourth-order valence-corrected chi connectivity index (χ4v) is 2.66. The second kappa shape index (κ2) is 7.53. The van der Waals surface area contributed by atoms with E-state index in [-0.39, 0.29) is 24.1 Å². The van der Waals surface area contributed by atoms with Gasteiger partial charge in [0.15, 0.2) is 18.1 Å². The maximum Gasteiger partial charge on any atom is 0.340 e. The Morgan fingerprint density at radius 3 is 2.77 bits per heavy atom. The van der Waals surface area contributed by atoms with Crippen molar-refractivity contribution in [3.05, 3.63) is 52.5 Å². The van der Waals surface area contributed by atoms with E-state index in [0.29, 0.717) is 16.5 Å². The van der Waals surface area contributed by atoms with Crippen LogP contribution in [0.2, 0.25) is 5.02 Å². The standard InChI is InChI=1S/C18H17ClN2O5/c1-10(11-2-5-15-16(6-11)26-9-25-15)21-17(22)8-24-18(23)13-4-3-12(19)7-14(13)20/h2-7,10H,8-9,20H2,1H3,(H,21,22)/t10-/m1/s1. The van der Waals surface area contributed by atoms with E-state index in [1.54, 1.807) is 12.1 Å². The highest BCUT2D eigenvalue weighted by molar-refractivity contribution is 6.31. The lowest BCUT2D eigenvalue weighted by molar-refractivity contribution is -0.124. The highest BCUT2D eigenvalue weighted by Gasteiger charge is 2.18. The molecule has 2 aromatic rings. The summed E-state index contributed by atoms with van der Waals surface area (Å²) in [6.07, 6.45) is 0. The van der Waals surface area contributed by atoms with Gasteiger partial charge in [-0.05, 0) is 42.8 Å². The Hall–Kier alpha value is -2.93. The van der Waals surface area contributed by atoms with Crippen LogP contribution in [-0.2, 0) is 9.53 Å². The number of anilines is 1. The summed E-state index contributed by atoms with van der Waals surface area (Å²) in [6, 6.07) is 9.54. The minimum Gasteiger partial charge on any atom is -0.454 e. The summed E-state index contributed by atoms with van der Waals surface area (Å²) < 4.78 is 15.6. The minimum absolute atomic E-state index is 0.158. The van der Waals surface area contributed by atoms with Crippen LogP contribution >= 0.6 is 11.6 Å². The number of esters is 1. The van der Waals surface area contributed by atoms with E-state index in [1.807, 2.05) is 13.0 Å². The van der Waals surface area contributed by atoms with Crippen LogP contribution in [0.3, 0.4) is 0 Å². The quantitative estimate of drug-likeness (QED) is 0.614. The molecule has 1 aliphatic rings. The van der Waals surface area contributed by atoms with Crippen LogP contribution in [0.25, 0.3) is 0 Å². The fraction of sp³-hybridized carbons (Fsp3) is 0.222. The molecule has 26 heavy (non-hydrogen) atoms. The molecule has 1 heterocycles. The Balaban J connectivity index is 1.54. The first-order chi connectivity index (χ1) is 12.4. The molecule has 3 N–H and O–H groups in total. The number of hydrogen-bond acceptors (Lipinski definition) is 6. The van der Waals surface area contributed by atoms with Gasteiger partial charge in [0.05, 0.1) is 11.6 Å². The molecule has 8 heteroatoms. The van der Waals surface area contributed by atoms with Crippen LogP contribution in [-0.4, -0.2) is 25.3 Å². The van der Waals surface area contributed by atoms with Gasteiger partial charge >= 0.3 is 5.97 Å². The molecule has 0 saturated heterocycles. The number of carbonyl (C=O) groups is 2. The largest absolute Gasteiger partial charge is 0.454 e. The van der Waals surface area contributed by atoms with Crippen molar-refractivity contribution in [1.82, 2.24) is 5.32 Å².